The molecule has 0 aromatic heterocycles. The van der Waals surface area contributed by atoms with E-state index in [2.05, 4.69) is 25.8 Å². The molecule has 2 aromatic carbocycles. The van der Waals surface area contributed by atoms with Crippen molar-refractivity contribution in [1.82, 2.24) is 20.4 Å². The van der Waals surface area contributed by atoms with Gasteiger partial charge in [0.2, 0.25) is 5.91 Å². The number of nitrogens with one attached hydrogen (secondary N) is 3. The van der Waals surface area contributed by atoms with Crippen LogP contribution in [0.4, 0.5) is 29.3 Å². The Morgan fingerprint density at radius 3 is 2.32 bits per heavy atom. The third kappa shape index (κ3) is 8.56. The Morgan fingerprint density at radius 1 is 1.03 bits per heavy atom. The number of halogens is 3. The molecule has 0 aliphatic carbocycles. The molecular formula is C25H29F3N6O4. The molecule has 2 aromatic rings. The van der Waals surface area contributed by atoms with Crippen molar-refractivity contribution in [2.75, 3.05) is 58.2 Å². The molecule has 0 radical (unpaired) electrons. The lowest BCUT2D eigenvalue weighted by atomic mass is 10.1. The highest BCUT2D eigenvalue weighted by molar-refractivity contribution is 5.98. The number of nitro benzene ring substituents is 1. The maximum Gasteiger partial charge on any atom is 0.423 e. The fourth-order valence-corrected chi connectivity index (χ4v) is 3.82. The third-order valence-electron chi connectivity index (χ3n) is 5.87. The SMILES string of the molecule is CN1CCN(C/C(=C\c2ccccc2)C(=O)NCCNC(=O)Nc2ccc([N+](=O)[O-])c(C(F)(F)F)c2)CC1. The second-order valence-corrected chi connectivity index (χ2v) is 8.78. The quantitative estimate of drug-likeness (QED) is 0.197. The van der Waals surface area contributed by atoms with Gasteiger partial charge in [0, 0.05) is 63.1 Å². The van der Waals surface area contributed by atoms with Gasteiger partial charge in [-0.1, -0.05) is 30.3 Å². The standard InChI is InChI=1S/C25H29F3N6O4/c1-32-11-13-33(14-12-32)17-19(15-18-5-3-2-4-6-18)23(35)29-9-10-30-24(36)31-20-7-8-22(34(37)38)21(16-20)25(26,27)28/h2-8,15-16H,9-14,17H2,1H3,(H,29,35)(H2,30,31,36)/b19-15+. The molecule has 3 rings (SSSR count). The van der Waals surface area contributed by atoms with Crippen LogP contribution in [0.3, 0.4) is 0 Å². The van der Waals surface area contributed by atoms with Crippen LogP contribution in [0.5, 0.6) is 0 Å². The second kappa shape index (κ2) is 13.0. The van der Waals surface area contributed by atoms with Crippen molar-refractivity contribution in [1.29, 1.82) is 0 Å². The van der Waals surface area contributed by atoms with Gasteiger partial charge in [-0.25, -0.2) is 4.79 Å². The number of carbonyl (C=O) groups excluding carboxylic acids is 2. The number of piperazine rings is 1. The van der Waals surface area contributed by atoms with Gasteiger partial charge in [0.25, 0.3) is 5.69 Å². The van der Waals surface area contributed by atoms with Gasteiger partial charge >= 0.3 is 12.2 Å². The van der Waals surface area contributed by atoms with Crippen LogP contribution in [0, 0.1) is 10.1 Å². The lowest BCUT2D eigenvalue weighted by Gasteiger charge is -2.32. The number of carbonyl (C=O) groups is 2. The molecule has 0 spiro atoms. The predicted octanol–water partition coefficient (Wildman–Crippen LogP) is 3.18. The fourth-order valence-electron chi connectivity index (χ4n) is 3.82. The lowest BCUT2D eigenvalue weighted by molar-refractivity contribution is -0.388. The van der Waals surface area contributed by atoms with E-state index in [1.807, 2.05) is 43.5 Å². The minimum atomic E-state index is -4.96. The van der Waals surface area contributed by atoms with Gasteiger partial charge in [0.1, 0.15) is 5.56 Å². The van der Waals surface area contributed by atoms with Gasteiger partial charge < -0.3 is 20.9 Å². The molecule has 0 atom stereocenters. The van der Waals surface area contributed by atoms with Crippen molar-refractivity contribution in [2.45, 2.75) is 6.18 Å². The number of urea groups is 1. The van der Waals surface area contributed by atoms with Crippen LogP contribution in [0.2, 0.25) is 0 Å². The Labute approximate surface area is 217 Å². The van der Waals surface area contributed by atoms with Crippen LogP contribution >= 0.6 is 0 Å². The van der Waals surface area contributed by atoms with Gasteiger partial charge in [-0.15, -0.1) is 0 Å². The summed E-state index contributed by atoms with van der Waals surface area (Å²) >= 11 is 0. The summed E-state index contributed by atoms with van der Waals surface area (Å²) in [6.45, 7) is 4.01. The number of anilines is 1. The predicted molar refractivity (Wildman–Crippen MR) is 136 cm³/mol. The first kappa shape index (κ1) is 28.6. The number of nitro groups is 1. The van der Waals surface area contributed by atoms with E-state index >= 15 is 0 Å². The largest absolute Gasteiger partial charge is 0.423 e. The Kier molecular flexibility index (Phi) is 9.79. The summed E-state index contributed by atoms with van der Waals surface area (Å²) in [4.78, 5) is 39.2. The summed E-state index contributed by atoms with van der Waals surface area (Å²) < 4.78 is 39.4. The van der Waals surface area contributed by atoms with Crippen molar-refractivity contribution < 1.29 is 27.7 Å². The zero-order valence-electron chi connectivity index (χ0n) is 20.8. The van der Waals surface area contributed by atoms with Crippen LogP contribution < -0.4 is 16.0 Å². The minimum absolute atomic E-state index is 0.00378. The van der Waals surface area contributed by atoms with E-state index in [9.17, 15) is 32.9 Å². The molecule has 1 saturated heterocycles. The third-order valence-corrected chi connectivity index (χ3v) is 5.87. The number of alkyl halides is 3. The maximum absolute atomic E-state index is 13.1. The zero-order valence-corrected chi connectivity index (χ0v) is 20.8. The highest BCUT2D eigenvalue weighted by Crippen LogP contribution is 2.37. The van der Waals surface area contributed by atoms with Gasteiger partial charge in [-0.2, -0.15) is 13.2 Å². The summed E-state index contributed by atoms with van der Waals surface area (Å²) in [5.74, 6) is -0.292. The molecule has 1 aliphatic rings. The first-order chi connectivity index (χ1) is 18.0. The fraction of sp³-hybridized carbons (Fsp3) is 0.360. The number of likely N-dealkylation sites (N-methyl/N-ethyl adjacent to an activating group) is 1. The van der Waals surface area contributed by atoms with Crippen LogP contribution in [-0.4, -0.2) is 79.5 Å². The monoisotopic (exact) mass is 534 g/mol. The van der Waals surface area contributed by atoms with Gasteiger partial charge in [0.15, 0.2) is 0 Å². The normalized spacial score (nSPS) is 15.1. The van der Waals surface area contributed by atoms with Crippen LogP contribution in [-0.2, 0) is 11.0 Å². The molecule has 1 fully saturated rings. The first-order valence-corrected chi connectivity index (χ1v) is 11.9. The number of benzene rings is 2. The summed E-state index contributed by atoms with van der Waals surface area (Å²) in [6, 6.07) is 10.8. The molecule has 13 heteroatoms. The first-order valence-electron chi connectivity index (χ1n) is 11.9. The molecule has 1 aliphatic heterocycles. The molecule has 0 unspecified atom stereocenters. The van der Waals surface area contributed by atoms with E-state index in [-0.39, 0.29) is 24.7 Å². The summed E-state index contributed by atoms with van der Waals surface area (Å²) in [5.41, 5.74) is -1.39. The van der Waals surface area contributed by atoms with Gasteiger partial charge in [-0.3, -0.25) is 19.8 Å². The molecule has 1 heterocycles. The maximum atomic E-state index is 13.1. The summed E-state index contributed by atoms with van der Waals surface area (Å²) in [6.07, 6.45) is -3.14. The Balaban J connectivity index is 1.54. The molecule has 3 N–H and O–H groups in total. The van der Waals surface area contributed by atoms with Crippen molar-refractivity contribution >= 4 is 29.4 Å². The van der Waals surface area contributed by atoms with Crippen LogP contribution in [0.1, 0.15) is 11.1 Å². The molecule has 204 valence electrons. The number of hydrogen-bond donors (Lipinski definition) is 3. The van der Waals surface area contributed by atoms with E-state index in [1.165, 1.54) is 0 Å². The van der Waals surface area contributed by atoms with E-state index in [1.54, 1.807) is 0 Å². The Hall–Kier alpha value is -3.97. The van der Waals surface area contributed by atoms with Gasteiger partial charge in [0.05, 0.1) is 4.92 Å². The Bertz CT molecular complexity index is 1170. The van der Waals surface area contributed by atoms with Crippen molar-refractivity contribution in [3.8, 4) is 0 Å². The molecule has 38 heavy (non-hydrogen) atoms. The molecule has 0 bridgehead atoms. The van der Waals surface area contributed by atoms with Gasteiger partial charge in [-0.05, 0) is 30.8 Å². The van der Waals surface area contributed by atoms with E-state index < -0.39 is 28.4 Å². The number of rotatable bonds is 9. The summed E-state index contributed by atoms with van der Waals surface area (Å²) in [5, 5.41) is 18.3. The lowest BCUT2D eigenvalue weighted by Crippen LogP contribution is -2.46. The van der Waals surface area contributed by atoms with Crippen molar-refractivity contribution in [3.63, 3.8) is 0 Å². The average molecular weight is 535 g/mol. The number of nitrogens with zero attached hydrogens (tertiary/aromatic N) is 3. The van der Waals surface area contributed by atoms with Crippen LogP contribution in [0.25, 0.3) is 6.08 Å². The summed E-state index contributed by atoms with van der Waals surface area (Å²) in [7, 11) is 2.05. The highest BCUT2D eigenvalue weighted by Gasteiger charge is 2.38. The molecule has 10 nitrogen and oxygen atoms in total. The Morgan fingerprint density at radius 2 is 1.68 bits per heavy atom. The molecule has 3 amide bonds. The highest BCUT2D eigenvalue weighted by atomic mass is 19.4. The van der Waals surface area contributed by atoms with Crippen molar-refractivity contribution in [3.05, 3.63) is 75.3 Å². The van der Waals surface area contributed by atoms with E-state index in [4.69, 9.17) is 0 Å². The smallest absolute Gasteiger partial charge is 0.351 e. The zero-order chi connectivity index (χ0) is 27.7. The number of amides is 3. The van der Waals surface area contributed by atoms with E-state index in [0.717, 1.165) is 37.8 Å². The molecular weight excluding hydrogens is 505 g/mol. The van der Waals surface area contributed by atoms with Crippen molar-refractivity contribution in [2.24, 2.45) is 0 Å². The number of hydrogen-bond acceptors (Lipinski definition) is 6. The average Bonchev–Trinajstić information content (AvgIpc) is 2.87. The second-order valence-electron chi connectivity index (χ2n) is 8.78. The topological polar surface area (TPSA) is 120 Å². The van der Waals surface area contributed by atoms with E-state index in [0.29, 0.717) is 24.3 Å². The molecule has 0 saturated carbocycles. The van der Waals surface area contributed by atoms with Crippen LogP contribution in [0.15, 0.2) is 54.1 Å². The minimum Gasteiger partial charge on any atom is -0.351 e.